The maximum absolute atomic E-state index is 12.6. The van der Waals surface area contributed by atoms with Crippen LogP contribution in [-0.4, -0.2) is 51.7 Å². The Bertz CT molecular complexity index is 1410. The van der Waals surface area contributed by atoms with Crippen LogP contribution in [0.2, 0.25) is 5.02 Å². The number of carbonyl (C=O) groups is 2. The maximum Gasteiger partial charge on any atom is 0.528 e. The number of nitrogens with one attached hydrogen (secondary N) is 2. The Kier molecular flexibility index (Phi) is 8.06. The van der Waals surface area contributed by atoms with Gasteiger partial charge in [0.15, 0.2) is 5.95 Å². The number of hydrogen-bond donors (Lipinski definition) is 3. The van der Waals surface area contributed by atoms with Crippen LogP contribution in [-0.2, 0) is 22.6 Å². The van der Waals surface area contributed by atoms with Crippen molar-refractivity contribution in [2.75, 3.05) is 25.4 Å². The van der Waals surface area contributed by atoms with Crippen LogP contribution in [0.15, 0.2) is 47.8 Å². The van der Waals surface area contributed by atoms with Crippen molar-refractivity contribution in [1.29, 1.82) is 0 Å². The number of fused-ring (bicyclic) bond motifs is 1. The second kappa shape index (κ2) is 11.8. The van der Waals surface area contributed by atoms with Crippen molar-refractivity contribution in [2.24, 2.45) is 0 Å². The predicted molar refractivity (Wildman–Crippen MR) is 145 cm³/mol. The predicted octanol–water partition coefficient (Wildman–Crippen LogP) is 4.68. The highest BCUT2D eigenvalue weighted by Crippen LogP contribution is 2.30. The van der Waals surface area contributed by atoms with Gasteiger partial charge in [0.25, 0.3) is 5.91 Å². The van der Waals surface area contributed by atoms with E-state index in [9.17, 15) is 9.59 Å². The Morgan fingerprint density at radius 1 is 1.13 bits per heavy atom. The van der Waals surface area contributed by atoms with Gasteiger partial charge in [-0.05, 0) is 54.7 Å². The van der Waals surface area contributed by atoms with Gasteiger partial charge < -0.3 is 25.6 Å². The van der Waals surface area contributed by atoms with Gasteiger partial charge in [-0.1, -0.05) is 29.8 Å². The molecule has 38 heavy (non-hydrogen) atoms. The zero-order valence-electron chi connectivity index (χ0n) is 20.5. The zero-order chi connectivity index (χ0) is 26.5. The first-order valence-corrected chi connectivity index (χ1v) is 13.5. The average molecular weight is 555 g/mol. The summed E-state index contributed by atoms with van der Waals surface area (Å²) in [6.07, 6.45) is 1.46. The number of anilines is 1. The molecule has 1 saturated heterocycles. The lowest BCUT2D eigenvalue weighted by Crippen LogP contribution is -2.35. The van der Waals surface area contributed by atoms with E-state index in [1.54, 1.807) is 34.7 Å². The van der Waals surface area contributed by atoms with Crippen LogP contribution in [0.4, 0.5) is 10.7 Å². The number of H-pyrrole nitrogens is 1. The molecule has 0 bridgehead atoms. The minimum Gasteiger partial charge on any atom is -0.428 e. The Morgan fingerprint density at radius 3 is 2.68 bits per heavy atom. The molecule has 0 aliphatic carbocycles. The summed E-state index contributed by atoms with van der Waals surface area (Å²) in [4.78, 5) is 41.8. The number of halogens is 1. The van der Waals surface area contributed by atoms with E-state index in [0.29, 0.717) is 42.7 Å². The summed E-state index contributed by atoms with van der Waals surface area (Å²) in [5.74, 6) is 0.400. The second-order valence-corrected chi connectivity index (χ2v) is 10.3. The number of aromatic amines is 1. The highest BCUT2D eigenvalue weighted by atomic mass is 35.5. The molecular formula is C26H27ClN6O4S. The van der Waals surface area contributed by atoms with Gasteiger partial charge in [-0.3, -0.25) is 4.79 Å². The number of ether oxygens (including phenoxy) is 1. The summed E-state index contributed by atoms with van der Waals surface area (Å²) < 4.78 is 5.18. The number of benzene rings is 2. The lowest BCUT2D eigenvalue weighted by molar-refractivity contribution is -0.140. The van der Waals surface area contributed by atoms with Gasteiger partial charge in [0.1, 0.15) is 12.3 Å². The number of nitrogen functional groups attached to an aromatic ring is 1. The molecule has 0 unspecified atom stereocenters. The van der Waals surface area contributed by atoms with Crippen LogP contribution in [0.1, 0.15) is 45.4 Å². The molecule has 1 aliphatic rings. The number of thiazole rings is 1. The summed E-state index contributed by atoms with van der Waals surface area (Å²) >= 11 is 7.35. The second-order valence-electron chi connectivity index (χ2n) is 9.01. The van der Waals surface area contributed by atoms with Crippen molar-refractivity contribution >= 4 is 52.0 Å². The van der Waals surface area contributed by atoms with E-state index in [4.69, 9.17) is 26.9 Å². The Morgan fingerprint density at radius 2 is 1.89 bits per heavy atom. The average Bonchev–Trinajstić information content (AvgIpc) is 3.55. The molecule has 1 fully saturated rings. The quantitative estimate of drug-likeness (QED) is 0.267. The normalized spacial score (nSPS) is 14.4. The molecule has 4 aromatic rings. The third-order valence-electron chi connectivity index (χ3n) is 6.30. The number of carbonyl (C=O) groups excluding carboxylic acids is 2. The van der Waals surface area contributed by atoms with Gasteiger partial charge in [0.05, 0.1) is 16.0 Å². The molecule has 2 aromatic carbocycles. The van der Waals surface area contributed by atoms with Gasteiger partial charge in [-0.2, -0.15) is 0 Å². The van der Waals surface area contributed by atoms with Gasteiger partial charge in [0, 0.05) is 36.0 Å². The number of aromatic nitrogens is 3. The molecule has 1 amide bonds. The molecule has 5 rings (SSSR count). The fourth-order valence-corrected chi connectivity index (χ4v) is 5.36. The minimum atomic E-state index is -0.736. The molecule has 0 radical (unpaired) electrons. The molecule has 3 heterocycles. The Balaban J connectivity index is 1.03. The van der Waals surface area contributed by atoms with Crippen molar-refractivity contribution in [3.63, 3.8) is 0 Å². The van der Waals surface area contributed by atoms with Crippen molar-refractivity contribution < 1.29 is 19.2 Å². The molecule has 2 aromatic heterocycles. The van der Waals surface area contributed by atoms with Crippen LogP contribution in [0.5, 0.6) is 0 Å². The van der Waals surface area contributed by atoms with Crippen LogP contribution in [0.25, 0.3) is 11.0 Å². The van der Waals surface area contributed by atoms with Crippen molar-refractivity contribution in [2.45, 2.75) is 31.8 Å². The summed E-state index contributed by atoms with van der Waals surface area (Å²) in [6, 6.07) is 13.0. The first-order valence-electron chi connectivity index (χ1n) is 12.2. The Hall–Kier alpha value is -3.67. The SMILES string of the molecule is Nc1nc2cc(CCNC(=O)c3csc(C4CCN(OC(=O)OCc5ccc(Cl)cc5)CC4)n3)ccc2[nH]1. The van der Waals surface area contributed by atoms with Crippen LogP contribution in [0.3, 0.4) is 0 Å². The summed E-state index contributed by atoms with van der Waals surface area (Å²) in [5.41, 5.74) is 9.70. The van der Waals surface area contributed by atoms with Crippen molar-refractivity contribution in [3.05, 3.63) is 74.7 Å². The summed E-state index contributed by atoms with van der Waals surface area (Å²) in [7, 11) is 0. The number of hydrogen-bond acceptors (Lipinski definition) is 9. The van der Waals surface area contributed by atoms with Gasteiger partial charge in [-0.15, -0.1) is 16.4 Å². The Labute approximate surface area is 228 Å². The first-order chi connectivity index (χ1) is 18.4. The van der Waals surface area contributed by atoms with Crippen LogP contribution in [0, 0.1) is 0 Å². The third-order valence-corrected chi connectivity index (χ3v) is 7.56. The number of amides is 1. The fraction of sp³-hybridized carbons (Fsp3) is 0.308. The van der Waals surface area contributed by atoms with E-state index in [0.717, 1.165) is 40.0 Å². The van der Waals surface area contributed by atoms with Crippen LogP contribution >= 0.6 is 22.9 Å². The molecule has 198 valence electrons. The zero-order valence-corrected chi connectivity index (χ0v) is 22.1. The van der Waals surface area contributed by atoms with Crippen molar-refractivity contribution in [3.8, 4) is 0 Å². The smallest absolute Gasteiger partial charge is 0.428 e. The van der Waals surface area contributed by atoms with Gasteiger partial charge in [-0.25, -0.2) is 14.8 Å². The molecule has 12 heteroatoms. The lowest BCUT2D eigenvalue weighted by atomic mass is 9.99. The van der Waals surface area contributed by atoms with Crippen molar-refractivity contribution in [1.82, 2.24) is 25.3 Å². The molecule has 0 saturated carbocycles. The fourth-order valence-electron chi connectivity index (χ4n) is 4.27. The molecule has 1 aliphatic heterocycles. The number of nitrogens with zero attached hydrogens (tertiary/aromatic N) is 3. The number of nitrogens with two attached hydrogens (primary N) is 1. The highest BCUT2D eigenvalue weighted by molar-refractivity contribution is 7.09. The lowest BCUT2D eigenvalue weighted by Gasteiger charge is -2.28. The van der Waals surface area contributed by atoms with E-state index < -0.39 is 6.16 Å². The number of piperidine rings is 1. The molecule has 4 N–H and O–H groups in total. The standard InChI is InChI=1S/C26H27ClN6O4S/c27-19-4-1-17(2-5-19)14-36-26(35)37-33-11-8-18(9-12-33)24-30-22(15-38-24)23(34)29-10-7-16-3-6-20-21(13-16)32-25(28)31-20/h1-6,13,15,18H,7-12,14H2,(H,29,34)(H3,28,31,32). The maximum atomic E-state index is 12.6. The number of rotatable bonds is 8. The topological polar surface area (TPSA) is 135 Å². The largest absolute Gasteiger partial charge is 0.528 e. The number of hydroxylamine groups is 2. The molecule has 0 spiro atoms. The van der Waals surface area contributed by atoms with E-state index in [1.807, 2.05) is 18.2 Å². The van der Waals surface area contributed by atoms with E-state index in [2.05, 4.69) is 20.3 Å². The number of imidazole rings is 1. The molecule has 0 atom stereocenters. The third kappa shape index (κ3) is 6.60. The van der Waals surface area contributed by atoms with E-state index in [1.165, 1.54) is 11.3 Å². The monoisotopic (exact) mass is 554 g/mol. The van der Waals surface area contributed by atoms with Gasteiger partial charge >= 0.3 is 6.16 Å². The molecule has 10 nitrogen and oxygen atoms in total. The molecular weight excluding hydrogens is 528 g/mol. The highest BCUT2D eigenvalue weighted by Gasteiger charge is 2.26. The summed E-state index contributed by atoms with van der Waals surface area (Å²) in [5, 5.41) is 7.88. The minimum absolute atomic E-state index is 0.116. The summed E-state index contributed by atoms with van der Waals surface area (Å²) in [6.45, 7) is 1.73. The van der Waals surface area contributed by atoms with Gasteiger partial charge in [0.2, 0.25) is 0 Å². The van der Waals surface area contributed by atoms with E-state index in [-0.39, 0.29) is 18.4 Å². The van der Waals surface area contributed by atoms with Crippen LogP contribution < -0.4 is 11.1 Å². The first kappa shape index (κ1) is 26.0. The van der Waals surface area contributed by atoms with E-state index >= 15 is 0 Å².